The summed E-state index contributed by atoms with van der Waals surface area (Å²) >= 11 is 0. The first-order valence-corrected chi connectivity index (χ1v) is 11.4. The average molecular weight is 452 g/mol. The van der Waals surface area contributed by atoms with Crippen LogP contribution in [-0.2, 0) is 13.0 Å². The number of aromatic nitrogens is 7. The van der Waals surface area contributed by atoms with E-state index in [-0.39, 0.29) is 5.88 Å². The summed E-state index contributed by atoms with van der Waals surface area (Å²) < 4.78 is 2.18. The molecule has 0 fully saturated rings. The van der Waals surface area contributed by atoms with Crippen molar-refractivity contribution in [1.29, 1.82) is 0 Å². The maximum atomic E-state index is 9.77. The number of tetrazole rings is 1. The number of nitrogens with one attached hydrogen (secondary N) is 1. The smallest absolute Gasteiger partial charge is 0.211 e. The van der Waals surface area contributed by atoms with Crippen LogP contribution in [0.5, 0.6) is 5.88 Å². The third kappa shape index (κ3) is 4.56. The molecule has 0 spiro atoms. The van der Waals surface area contributed by atoms with Gasteiger partial charge in [0.2, 0.25) is 5.88 Å². The number of aryl methyl sites for hydroxylation is 1. The third-order valence-corrected chi connectivity index (χ3v) is 5.76. The van der Waals surface area contributed by atoms with Crippen molar-refractivity contribution in [2.45, 2.75) is 32.7 Å². The Bertz CT molecular complexity index is 1370. The monoisotopic (exact) mass is 451 g/mol. The number of hydrogen-bond donors (Lipinski definition) is 2. The fraction of sp³-hybridized carbons (Fsp3) is 0.192. The van der Waals surface area contributed by atoms with Crippen LogP contribution < -0.4 is 0 Å². The lowest BCUT2D eigenvalue weighted by atomic mass is 9.98. The number of H-pyrrole nitrogens is 1. The van der Waals surface area contributed by atoms with Crippen LogP contribution in [-0.4, -0.2) is 40.3 Å². The molecule has 8 nitrogen and oxygen atoms in total. The Morgan fingerprint density at radius 3 is 2.44 bits per heavy atom. The lowest BCUT2D eigenvalue weighted by molar-refractivity contribution is 0.454. The largest absolute Gasteiger partial charge is 0.493 e. The molecule has 8 heteroatoms. The predicted molar refractivity (Wildman–Crippen MR) is 130 cm³/mol. The highest BCUT2D eigenvalue weighted by atomic mass is 16.3. The highest BCUT2D eigenvalue weighted by molar-refractivity contribution is 5.80. The quantitative estimate of drug-likeness (QED) is 0.348. The van der Waals surface area contributed by atoms with Crippen LogP contribution in [0.3, 0.4) is 0 Å². The zero-order valence-corrected chi connectivity index (χ0v) is 18.9. The molecule has 170 valence electrons. The van der Waals surface area contributed by atoms with Crippen molar-refractivity contribution in [3.05, 3.63) is 84.3 Å². The molecule has 0 unspecified atom stereocenters. The van der Waals surface area contributed by atoms with Crippen LogP contribution in [0, 0.1) is 0 Å². The van der Waals surface area contributed by atoms with E-state index in [1.165, 1.54) is 5.56 Å². The number of rotatable bonds is 8. The molecule has 2 N–H and O–H groups in total. The van der Waals surface area contributed by atoms with E-state index < -0.39 is 0 Å². The Hall–Kier alpha value is -4.33. The van der Waals surface area contributed by atoms with Gasteiger partial charge in [0.25, 0.3) is 0 Å². The summed E-state index contributed by atoms with van der Waals surface area (Å²) in [4.78, 5) is 9.05. The molecule has 0 aliphatic carbocycles. The van der Waals surface area contributed by atoms with E-state index in [1.54, 1.807) is 12.1 Å². The lowest BCUT2D eigenvalue weighted by Gasteiger charge is -2.10. The first-order valence-electron chi connectivity index (χ1n) is 11.4. The number of benzene rings is 2. The second-order valence-electron chi connectivity index (χ2n) is 8.15. The Kier molecular flexibility index (Phi) is 6.11. The average Bonchev–Trinajstić information content (AvgIpc) is 3.54. The number of aromatic hydroxyl groups is 1. The van der Waals surface area contributed by atoms with Crippen molar-refractivity contribution in [3.8, 4) is 39.8 Å². The molecule has 0 aliphatic rings. The fourth-order valence-corrected chi connectivity index (χ4v) is 4.02. The molecular formula is C26H25N7O. The molecule has 2 aromatic carbocycles. The van der Waals surface area contributed by atoms with E-state index in [1.807, 2.05) is 30.5 Å². The van der Waals surface area contributed by atoms with E-state index in [0.717, 1.165) is 47.5 Å². The predicted octanol–water partition coefficient (Wildman–Crippen LogP) is 4.89. The summed E-state index contributed by atoms with van der Waals surface area (Å²) in [5.74, 6) is 1.67. The van der Waals surface area contributed by atoms with Crippen molar-refractivity contribution in [1.82, 2.24) is 35.2 Å². The molecule has 34 heavy (non-hydrogen) atoms. The van der Waals surface area contributed by atoms with E-state index >= 15 is 0 Å². The Labute approximate surface area is 197 Å². The summed E-state index contributed by atoms with van der Waals surface area (Å²) in [6.07, 6.45) is 5.08. The number of aromatic amines is 1. The number of unbranched alkanes of at least 4 members (excludes halogenated alkanes) is 1. The number of imidazole rings is 1. The van der Waals surface area contributed by atoms with E-state index in [0.29, 0.717) is 18.1 Å². The topological polar surface area (TPSA) is 105 Å². The molecular weight excluding hydrogens is 426 g/mol. The lowest BCUT2D eigenvalue weighted by Crippen LogP contribution is -2.04. The molecule has 0 saturated carbocycles. The maximum absolute atomic E-state index is 9.77. The van der Waals surface area contributed by atoms with Gasteiger partial charge in [-0.3, -0.25) is 0 Å². The fourth-order valence-electron chi connectivity index (χ4n) is 4.02. The van der Waals surface area contributed by atoms with Crippen molar-refractivity contribution in [2.24, 2.45) is 0 Å². The second kappa shape index (κ2) is 9.66. The Morgan fingerprint density at radius 2 is 1.71 bits per heavy atom. The molecule has 5 aromatic rings. The molecule has 0 aliphatic heterocycles. The van der Waals surface area contributed by atoms with Gasteiger partial charge in [0, 0.05) is 30.8 Å². The highest BCUT2D eigenvalue weighted by Gasteiger charge is 2.13. The molecule has 0 bridgehead atoms. The zero-order chi connectivity index (χ0) is 23.3. The Morgan fingerprint density at radius 1 is 0.882 bits per heavy atom. The standard InChI is InChI=1S/C26H25N7O/c1-2-3-10-24-27-23(22-9-6-11-25(34)28-22)17-33(24)16-18-12-14-19(15-13-18)20-7-4-5-8-21(20)26-29-31-32-30-26/h4-9,11-15,17H,2-3,10,16H2,1H3,(H,28,34)(H,29,30,31,32). The molecule has 0 amide bonds. The summed E-state index contributed by atoms with van der Waals surface area (Å²) in [5, 5.41) is 24.1. The SMILES string of the molecule is CCCCc1nc(-c2cccc(O)n2)cn1Cc1ccc(-c2ccccc2-c2nnn[nH]2)cc1. The number of hydrogen-bond acceptors (Lipinski definition) is 6. The van der Waals surface area contributed by atoms with E-state index in [2.05, 4.69) is 67.4 Å². The van der Waals surface area contributed by atoms with Crippen LogP contribution in [0.4, 0.5) is 0 Å². The minimum atomic E-state index is -0.000797. The first-order chi connectivity index (χ1) is 16.7. The van der Waals surface area contributed by atoms with Crippen LogP contribution in [0.15, 0.2) is 72.9 Å². The molecule has 0 atom stereocenters. The minimum absolute atomic E-state index is 0.000797. The van der Waals surface area contributed by atoms with Crippen molar-refractivity contribution < 1.29 is 5.11 Å². The molecule has 0 saturated heterocycles. The zero-order valence-electron chi connectivity index (χ0n) is 18.9. The highest BCUT2D eigenvalue weighted by Crippen LogP contribution is 2.30. The van der Waals surface area contributed by atoms with Crippen LogP contribution in [0.25, 0.3) is 33.9 Å². The first kappa shape index (κ1) is 21.5. The molecule has 5 rings (SSSR count). The molecule has 0 radical (unpaired) electrons. The maximum Gasteiger partial charge on any atom is 0.211 e. The van der Waals surface area contributed by atoms with Gasteiger partial charge >= 0.3 is 0 Å². The molecule has 3 aromatic heterocycles. The van der Waals surface area contributed by atoms with Gasteiger partial charge in [0.1, 0.15) is 11.5 Å². The van der Waals surface area contributed by atoms with E-state index in [4.69, 9.17) is 4.98 Å². The van der Waals surface area contributed by atoms with Gasteiger partial charge < -0.3 is 9.67 Å². The van der Waals surface area contributed by atoms with Crippen molar-refractivity contribution in [2.75, 3.05) is 0 Å². The number of pyridine rings is 1. The van der Waals surface area contributed by atoms with Gasteiger partial charge in [-0.15, -0.1) is 5.10 Å². The third-order valence-electron chi connectivity index (χ3n) is 5.76. The van der Waals surface area contributed by atoms with Gasteiger partial charge in [-0.05, 0) is 39.6 Å². The van der Waals surface area contributed by atoms with Gasteiger partial charge in [-0.25, -0.2) is 15.1 Å². The van der Waals surface area contributed by atoms with Gasteiger partial charge in [-0.1, -0.05) is 67.9 Å². The summed E-state index contributed by atoms with van der Waals surface area (Å²) in [6, 6.07) is 21.8. The molecule has 3 heterocycles. The van der Waals surface area contributed by atoms with Gasteiger partial charge in [0.15, 0.2) is 5.82 Å². The Balaban J connectivity index is 1.42. The van der Waals surface area contributed by atoms with Gasteiger partial charge in [-0.2, -0.15) is 0 Å². The van der Waals surface area contributed by atoms with Crippen LogP contribution in [0.1, 0.15) is 31.2 Å². The van der Waals surface area contributed by atoms with E-state index in [9.17, 15) is 5.11 Å². The summed E-state index contributed by atoms with van der Waals surface area (Å²) in [6.45, 7) is 2.88. The summed E-state index contributed by atoms with van der Waals surface area (Å²) in [5.41, 5.74) is 5.74. The van der Waals surface area contributed by atoms with Crippen LogP contribution in [0.2, 0.25) is 0 Å². The van der Waals surface area contributed by atoms with Crippen molar-refractivity contribution in [3.63, 3.8) is 0 Å². The second-order valence-corrected chi connectivity index (χ2v) is 8.15. The van der Waals surface area contributed by atoms with Gasteiger partial charge in [0.05, 0.1) is 5.69 Å². The summed E-state index contributed by atoms with van der Waals surface area (Å²) in [7, 11) is 0. The van der Waals surface area contributed by atoms with Crippen LogP contribution >= 0.6 is 0 Å². The number of nitrogens with zero attached hydrogens (tertiary/aromatic N) is 6. The minimum Gasteiger partial charge on any atom is -0.493 e. The van der Waals surface area contributed by atoms with Crippen molar-refractivity contribution >= 4 is 0 Å². The normalized spacial score (nSPS) is 11.1.